The van der Waals surface area contributed by atoms with Gasteiger partial charge in [0.25, 0.3) is 0 Å². The van der Waals surface area contributed by atoms with Gasteiger partial charge in [-0.15, -0.1) is 0 Å². The zero-order valence-electron chi connectivity index (χ0n) is 10.2. The number of ether oxygens (including phenoxy) is 1. The highest BCUT2D eigenvalue weighted by atomic mass is 32.2. The summed E-state index contributed by atoms with van der Waals surface area (Å²) < 4.78 is 5.18. The van der Waals surface area contributed by atoms with Gasteiger partial charge in [-0.05, 0) is 16.9 Å². The molecule has 0 heterocycles. The van der Waals surface area contributed by atoms with Crippen LogP contribution in [0.5, 0.6) is 0 Å². The maximum Gasteiger partial charge on any atom is 0.0716 e. The van der Waals surface area contributed by atoms with Crippen LogP contribution in [0, 0.1) is 0 Å². The smallest absolute Gasteiger partial charge is 0.0716 e. The second kappa shape index (κ2) is 8.62. The topological polar surface area (TPSA) is 21.3 Å². The minimum atomic E-state index is 0.696. The van der Waals surface area contributed by atoms with Crippen LogP contribution in [0.4, 0.5) is 0 Å². The van der Waals surface area contributed by atoms with E-state index < -0.39 is 0 Å². The second-order valence-corrected chi connectivity index (χ2v) is 4.97. The van der Waals surface area contributed by atoms with Crippen LogP contribution >= 0.6 is 11.8 Å². The van der Waals surface area contributed by atoms with E-state index in [-0.39, 0.29) is 0 Å². The van der Waals surface area contributed by atoms with E-state index in [4.69, 9.17) is 4.74 Å². The summed E-state index contributed by atoms with van der Waals surface area (Å²) >= 11 is 1.97. The molecule has 0 amide bonds. The highest BCUT2D eigenvalue weighted by molar-refractivity contribution is 7.99. The van der Waals surface area contributed by atoms with E-state index in [9.17, 15) is 0 Å². The molecule has 16 heavy (non-hydrogen) atoms. The van der Waals surface area contributed by atoms with Crippen LogP contribution in [-0.4, -0.2) is 25.2 Å². The van der Waals surface area contributed by atoms with Gasteiger partial charge in [0.05, 0.1) is 6.61 Å². The quantitative estimate of drug-likeness (QED) is 0.705. The summed E-state index contributed by atoms with van der Waals surface area (Å²) in [5.74, 6) is 2.38. The first-order valence-electron chi connectivity index (χ1n) is 5.72. The van der Waals surface area contributed by atoms with E-state index in [0.29, 0.717) is 6.61 Å². The van der Waals surface area contributed by atoms with E-state index in [1.54, 1.807) is 7.11 Å². The molecule has 1 aromatic carbocycles. The summed E-state index contributed by atoms with van der Waals surface area (Å²) in [5.41, 5.74) is 2.62. The average Bonchev–Trinajstić information content (AvgIpc) is 2.31. The zero-order valence-corrected chi connectivity index (χ0v) is 11.0. The third-order valence-electron chi connectivity index (χ3n) is 2.36. The van der Waals surface area contributed by atoms with Crippen molar-refractivity contribution in [3.8, 4) is 0 Å². The number of hydrogen-bond donors (Lipinski definition) is 1. The molecule has 0 fully saturated rings. The van der Waals surface area contributed by atoms with Gasteiger partial charge in [-0.1, -0.05) is 31.2 Å². The molecule has 0 saturated carbocycles. The van der Waals surface area contributed by atoms with Gasteiger partial charge in [0.2, 0.25) is 0 Å². The second-order valence-electron chi connectivity index (χ2n) is 3.58. The molecule has 1 N–H and O–H groups in total. The fourth-order valence-corrected chi connectivity index (χ4v) is 2.12. The Bertz CT molecular complexity index is 291. The molecule has 3 heteroatoms. The Morgan fingerprint density at radius 2 is 2.00 bits per heavy atom. The fourth-order valence-electron chi connectivity index (χ4n) is 1.54. The molecule has 0 unspecified atom stereocenters. The first kappa shape index (κ1) is 13.6. The standard InChI is InChI=1S/C13H21NOS/c1-3-16-9-8-14-10-12-6-4-5-7-13(12)11-15-2/h4-7,14H,3,8-11H2,1-2H3. The number of benzene rings is 1. The molecule has 1 rings (SSSR count). The third-order valence-corrected chi connectivity index (χ3v) is 3.26. The van der Waals surface area contributed by atoms with Gasteiger partial charge in [-0.25, -0.2) is 0 Å². The van der Waals surface area contributed by atoms with Crippen molar-refractivity contribution in [1.29, 1.82) is 0 Å². The molecule has 1 aromatic rings. The summed E-state index contributed by atoms with van der Waals surface area (Å²) in [7, 11) is 1.74. The Morgan fingerprint density at radius 1 is 1.25 bits per heavy atom. The maximum absolute atomic E-state index is 5.18. The van der Waals surface area contributed by atoms with Crippen LogP contribution in [0.2, 0.25) is 0 Å². The summed E-state index contributed by atoms with van der Waals surface area (Å²) in [6.45, 7) is 4.89. The molecule has 0 aliphatic carbocycles. The van der Waals surface area contributed by atoms with Crippen molar-refractivity contribution in [1.82, 2.24) is 5.32 Å². The van der Waals surface area contributed by atoms with Gasteiger partial charge in [0.1, 0.15) is 0 Å². The molecule has 0 saturated heterocycles. The number of hydrogen-bond acceptors (Lipinski definition) is 3. The molecule has 0 aromatic heterocycles. The Kier molecular flexibility index (Phi) is 7.30. The number of rotatable bonds is 8. The van der Waals surface area contributed by atoms with Gasteiger partial charge in [-0.2, -0.15) is 11.8 Å². The van der Waals surface area contributed by atoms with E-state index in [1.807, 2.05) is 11.8 Å². The Hall–Kier alpha value is -0.510. The Balaban J connectivity index is 2.34. The third kappa shape index (κ3) is 5.01. The van der Waals surface area contributed by atoms with Gasteiger partial charge in [0.15, 0.2) is 0 Å². The first-order chi connectivity index (χ1) is 7.88. The van der Waals surface area contributed by atoms with Crippen molar-refractivity contribution in [3.05, 3.63) is 35.4 Å². The molecule has 0 aliphatic rings. The van der Waals surface area contributed by atoms with E-state index in [2.05, 4.69) is 36.5 Å². The molecule has 0 spiro atoms. The number of methoxy groups -OCH3 is 1. The van der Waals surface area contributed by atoms with Crippen LogP contribution in [0.1, 0.15) is 18.1 Å². The zero-order chi connectivity index (χ0) is 11.6. The van der Waals surface area contributed by atoms with Crippen molar-refractivity contribution < 1.29 is 4.74 Å². The number of nitrogens with one attached hydrogen (secondary N) is 1. The molecule has 0 aliphatic heterocycles. The van der Waals surface area contributed by atoms with Crippen LogP contribution in [-0.2, 0) is 17.9 Å². The summed E-state index contributed by atoms with van der Waals surface area (Å²) in [6, 6.07) is 8.43. The lowest BCUT2D eigenvalue weighted by Gasteiger charge is -2.09. The number of thioether (sulfide) groups is 1. The molecular weight excluding hydrogens is 218 g/mol. The predicted molar refractivity (Wildman–Crippen MR) is 71.9 cm³/mol. The average molecular weight is 239 g/mol. The molecule has 0 atom stereocenters. The van der Waals surface area contributed by atoms with E-state index >= 15 is 0 Å². The van der Waals surface area contributed by atoms with Gasteiger partial charge < -0.3 is 10.1 Å². The van der Waals surface area contributed by atoms with Crippen molar-refractivity contribution >= 4 is 11.8 Å². The first-order valence-corrected chi connectivity index (χ1v) is 6.88. The minimum absolute atomic E-state index is 0.696. The maximum atomic E-state index is 5.18. The summed E-state index contributed by atoms with van der Waals surface area (Å²) in [5, 5.41) is 3.46. The SMILES string of the molecule is CCSCCNCc1ccccc1COC. The minimum Gasteiger partial charge on any atom is -0.380 e. The fraction of sp³-hybridized carbons (Fsp3) is 0.538. The van der Waals surface area contributed by atoms with Crippen molar-refractivity contribution in [2.75, 3.05) is 25.2 Å². The van der Waals surface area contributed by atoms with Crippen LogP contribution in [0.15, 0.2) is 24.3 Å². The van der Waals surface area contributed by atoms with Crippen molar-refractivity contribution in [2.24, 2.45) is 0 Å². The van der Waals surface area contributed by atoms with Gasteiger partial charge in [0, 0.05) is 26.0 Å². The summed E-state index contributed by atoms with van der Waals surface area (Å²) in [4.78, 5) is 0. The van der Waals surface area contributed by atoms with Crippen LogP contribution in [0.3, 0.4) is 0 Å². The monoisotopic (exact) mass is 239 g/mol. The normalized spacial score (nSPS) is 10.6. The molecule has 0 bridgehead atoms. The lowest BCUT2D eigenvalue weighted by molar-refractivity contribution is 0.184. The summed E-state index contributed by atoms with van der Waals surface area (Å²) in [6.07, 6.45) is 0. The Labute approximate surface area is 103 Å². The lowest BCUT2D eigenvalue weighted by Crippen LogP contribution is -2.17. The highest BCUT2D eigenvalue weighted by Crippen LogP contribution is 2.09. The molecule has 2 nitrogen and oxygen atoms in total. The van der Waals surface area contributed by atoms with Gasteiger partial charge >= 0.3 is 0 Å². The van der Waals surface area contributed by atoms with Crippen LogP contribution in [0.25, 0.3) is 0 Å². The molecule has 90 valence electrons. The highest BCUT2D eigenvalue weighted by Gasteiger charge is 2.00. The molecular formula is C13H21NOS. The van der Waals surface area contributed by atoms with Crippen molar-refractivity contribution in [3.63, 3.8) is 0 Å². The van der Waals surface area contributed by atoms with E-state index in [0.717, 1.165) is 13.1 Å². The van der Waals surface area contributed by atoms with E-state index in [1.165, 1.54) is 22.6 Å². The van der Waals surface area contributed by atoms with Crippen LogP contribution < -0.4 is 5.32 Å². The molecule has 0 radical (unpaired) electrons. The largest absolute Gasteiger partial charge is 0.380 e. The van der Waals surface area contributed by atoms with Gasteiger partial charge in [-0.3, -0.25) is 0 Å². The lowest BCUT2D eigenvalue weighted by atomic mass is 10.1. The Morgan fingerprint density at radius 3 is 2.69 bits per heavy atom. The predicted octanol–water partition coefficient (Wildman–Crippen LogP) is 2.68. The van der Waals surface area contributed by atoms with Crippen molar-refractivity contribution in [2.45, 2.75) is 20.1 Å².